The number of ether oxygens (including phenoxy) is 2. The van der Waals surface area contributed by atoms with Gasteiger partial charge in [-0.3, -0.25) is 9.67 Å². The second-order valence-electron chi connectivity index (χ2n) is 8.64. The summed E-state index contributed by atoms with van der Waals surface area (Å²) in [6.45, 7) is 4.47. The zero-order valence-corrected chi connectivity index (χ0v) is 19.4. The summed E-state index contributed by atoms with van der Waals surface area (Å²) < 4.78 is 13.5. The zero-order valence-electron chi connectivity index (χ0n) is 18.7. The van der Waals surface area contributed by atoms with Crippen LogP contribution < -0.4 is 4.74 Å². The number of rotatable bonds is 5. The van der Waals surface area contributed by atoms with Crippen LogP contribution in [0.3, 0.4) is 0 Å². The van der Waals surface area contributed by atoms with E-state index in [0.29, 0.717) is 33.5 Å². The summed E-state index contributed by atoms with van der Waals surface area (Å²) in [4.78, 5) is 17.0. The molecule has 0 amide bonds. The van der Waals surface area contributed by atoms with Gasteiger partial charge in [-0.25, -0.2) is 9.97 Å². The first-order valence-corrected chi connectivity index (χ1v) is 11.7. The average Bonchev–Trinajstić information content (AvgIpc) is 3.45. The topological polar surface area (TPSA) is 90.7 Å². The Labute approximate surface area is 200 Å². The molecule has 34 heavy (non-hydrogen) atoms. The largest absolute Gasteiger partial charge is 0.456 e. The molecule has 1 aliphatic rings. The van der Waals surface area contributed by atoms with Crippen LogP contribution in [0, 0.1) is 12.8 Å². The molecule has 0 aliphatic carbocycles. The SMILES string of the molecule is Cc1nc2ccc(Oc3cc4nc(-c5cnn(CC6CCOCC6)c5)cnc4cc3Cl)cc2[nH]1. The first-order chi connectivity index (χ1) is 16.6. The van der Waals surface area contributed by atoms with E-state index in [1.807, 2.05) is 48.3 Å². The van der Waals surface area contributed by atoms with Crippen molar-refractivity contribution in [2.45, 2.75) is 26.3 Å². The summed E-state index contributed by atoms with van der Waals surface area (Å²) in [6, 6.07) is 9.29. The normalized spacial score (nSPS) is 14.8. The van der Waals surface area contributed by atoms with Crippen LogP contribution in [-0.2, 0) is 11.3 Å². The van der Waals surface area contributed by atoms with Crippen molar-refractivity contribution >= 4 is 33.7 Å². The van der Waals surface area contributed by atoms with Crippen LogP contribution in [0.4, 0.5) is 0 Å². The molecule has 0 spiro atoms. The quantitative estimate of drug-likeness (QED) is 0.359. The first-order valence-electron chi connectivity index (χ1n) is 11.3. The summed E-state index contributed by atoms with van der Waals surface area (Å²) in [5, 5.41) is 5.01. The molecule has 8 nitrogen and oxygen atoms in total. The van der Waals surface area contributed by atoms with E-state index >= 15 is 0 Å². The Morgan fingerprint density at radius 1 is 1.09 bits per heavy atom. The Morgan fingerprint density at radius 2 is 1.97 bits per heavy atom. The number of imidazole rings is 1. The van der Waals surface area contributed by atoms with Gasteiger partial charge in [-0.15, -0.1) is 0 Å². The van der Waals surface area contributed by atoms with Crippen LogP contribution in [0.5, 0.6) is 11.5 Å². The number of aryl methyl sites for hydroxylation is 1. The van der Waals surface area contributed by atoms with Crippen molar-refractivity contribution in [2.24, 2.45) is 5.92 Å². The van der Waals surface area contributed by atoms with Gasteiger partial charge in [-0.05, 0) is 43.9 Å². The van der Waals surface area contributed by atoms with Gasteiger partial charge >= 0.3 is 0 Å². The molecule has 1 aliphatic heterocycles. The van der Waals surface area contributed by atoms with E-state index in [4.69, 9.17) is 26.1 Å². The average molecular weight is 475 g/mol. The summed E-state index contributed by atoms with van der Waals surface area (Å²) in [6.07, 6.45) is 7.76. The predicted molar refractivity (Wildman–Crippen MR) is 130 cm³/mol. The third-order valence-electron chi connectivity index (χ3n) is 6.11. The zero-order chi connectivity index (χ0) is 23.1. The smallest absolute Gasteiger partial charge is 0.148 e. The Hall–Kier alpha value is -3.49. The maximum Gasteiger partial charge on any atom is 0.148 e. The van der Waals surface area contributed by atoms with Crippen LogP contribution in [0.15, 0.2) is 48.9 Å². The minimum absolute atomic E-state index is 0.472. The fourth-order valence-corrected chi connectivity index (χ4v) is 4.52. The molecule has 9 heteroatoms. The molecular formula is C25H23ClN6O2. The molecule has 1 saturated heterocycles. The van der Waals surface area contributed by atoms with Crippen molar-refractivity contribution in [2.75, 3.05) is 13.2 Å². The van der Waals surface area contributed by atoms with E-state index in [1.54, 1.807) is 12.3 Å². The number of aromatic nitrogens is 6. The van der Waals surface area contributed by atoms with Crippen LogP contribution in [0.2, 0.25) is 5.02 Å². The molecule has 1 fully saturated rings. The lowest BCUT2D eigenvalue weighted by Gasteiger charge is -2.21. The maximum absolute atomic E-state index is 6.49. The van der Waals surface area contributed by atoms with Crippen molar-refractivity contribution in [3.63, 3.8) is 0 Å². The van der Waals surface area contributed by atoms with Crippen LogP contribution in [0.25, 0.3) is 33.3 Å². The number of hydrogen-bond donors (Lipinski definition) is 1. The molecule has 0 atom stereocenters. The fourth-order valence-electron chi connectivity index (χ4n) is 4.33. The van der Waals surface area contributed by atoms with Gasteiger partial charge in [0.1, 0.15) is 17.3 Å². The van der Waals surface area contributed by atoms with E-state index in [9.17, 15) is 0 Å². The van der Waals surface area contributed by atoms with Gasteiger partial charge in [0.25, 0.3) is 0 Å². The predicted octanol–water partition coefficient (Wildman–Crippen LogP) is 5.55. The lowest BCUT2D eigenvalue weighted by atomic mass is 10.0. The molecule has 5 aromatic rings. The van der Waals surface area contributed by atoms with E-state index < -0.39 is 0 Å². The van der Waals surface area contributed by atoms with Crippen LogP contribution in [-0.4, -0.2) is 42.9 Å². The molecule has 6 rings (SSSR count). The van der Waals surface area contributed by atoms with Crippen molar-refractivity contribution in [1.82, 2.24) is 29.7 Å². The Bertz CT molecular complexity index is 1490. The number of nitrogens with one attached hydrogen (secondary N) is 1. The molecule has 3 aromatic heterocycles. The third-order valence-corrected chi connectivity index (χ3v) is 6.41. The van der Waals surface area contributed by atoms with E-state index in [1.165, 1.54) is 0 Å². The van der Waals surface area contributed by atoms with E-state index in [0.717, 1.165) is 60.7 Å². The molecule has 0 radical (unpaired) electrons. The molecule has 2 aromatic carbocycles. The van der Waals surface area contributed by atoms with Crippen molar-refractivity contribution in [3.8, 4) is 22.8 Å². The van der Waals surface area contributed by atoms with Gasteiger partial charge in [-0.2, -0.15) is 5.10 Å². The van der Waals surface area contributed by atoms with Crippen LogP contribution >= 0.6 is 11.6 Å². The molecule has 0 unspecified atom stereocenters. The molecule has 1 N–H and O–H groups in total. The number of fused-ring (bicyclic) bond motifs is 2. The van der Waals surface area contributed by atoms with E-state index in [2.05, 4.69) is 20.1 Å². The molecule has 0 saturated carbocycles. The standard InChI is InChI=1S/C25H23ClN6O2/c1-15-29-20-3-2-18(8-22(20)30-15)34-25-10-23-21(9-19(25)26)27-12-24(31-23)17-11-28-32(14-17)13-16-4-6-33-7-5-16/h2-3,8-12,14,16H,4-7,13H2,1H3,(H,29,30). The second-order valence-corrected chi connectivity index (χ2v) is 9.04. The highest BCUT2D eigenvalue weighted by Gasteiger charge is 2.16. The van der Waals surface area contributed by atoms with Gasteiger partial charge < -0.3 is 14.5 Å². The van der Waals surface area contributed by atoms with E-state index in [-0.39, 0.29) is 0 Å². The Balaban J connectivity index is 1.27. The lowest BCUT2D eigenvalue weighted by molar-refractivity contribution is 0.0601. The maximum atomic E-state index is 6.49. The monoisotopic (exact) mass is 474 g/mol. The number of aromatic amines is 1. The third kappa shape index (κ3) is 4.22. The fraction of sp³-hybridized carbons (Fsp3) is 0.280. The Morgan fingerprint density at radius 3 is 2.85 bits per heavy atom. The summed E-state index contributed by atoms with van der Waals surface area (Å²) >= 11 is 6.49. The molecule has 4 heterocycles. The van der Waals surface area contributed by atoms with Crippen molar-refractivity contribution in [1.29, 1.82) is 0 Å². The first kappa shape index (κ1) is 21.1. The van der Waals surface area contributed by atoms with Crippen molar-refractivity contribution < 1.29 is 9.47 Å². The van der Waals surface area contributed by atoms with Gasteiger partial charge in [-0.1, -0.05) is 11.6 Å². The van der Waals surface area contributed by atoms with Gasteiger partial charge in [0.2, 0.25) is 0 Å². The minimum Gasteiger partial charge on any atom is -0.456 e. The van der Waals surface area contributed by atoms with Gasteiger partial charge in [0.15, 0.2) is 0 Å². The van der Waals surface area contributed by atoms with Gasteiger partial charge in [0.05, 0.1) is 45.2 Å². The highest BCUT2D eigenvalue weighted by Crippen LogP contribution is 2.34. The summed E-state index contributed by atoms with van der Waals surface area (Å²) in [5.41, 5.74) is 4.89. The lowest BCUT2D eigenvalue weighted by Crippen LogP contribution is -2.20. The number of nitrogens with zero attached hydrogens (tertiary/aromatic N) is 5. The minimum atomic E-state index is 0.472. The second kappa shape index (κ2) is 8.70. The molecule has 172 valence electrons. The number of halogens is 1. The number of benzene rings is 2. The van der Waals surface area contributed by atoms with Crippen LogP contribution in [0.1, 0.15) is 18.7 Å². The molecular weight excluding hydrogens is 452 g/mol. The molecule has 0 bridgehead atoms. The summed E-state index contributed by atoms with van der Waals surface area (Å²) in [7, 11) is 0. The Kier molecular flexibility index (Phi) is 5.39. The van der Waals surface area contributed by atoms with Crippen molar-refractivity contribution in [3.05, 3.63) is 59.8 Å². The van der Waals surface area contributed by atoms with Gasteiger partial charge in [0, 0.05) is 43.7 Å². The summed E-state index contributed by atoms with van der Waals surface area (Å²) in [5.74, 6) is 2.63. The highest BCUT2D eigenvalue weighted by molar-refractivity contribution is 6.32. The highest BCUT2D eigenvalue weighted by atomic mass is 35.5. The number of hydrogen-bond acceptors (Lipinski definition) is 6. The number of H-pyrrole nitrogens is 1.